The average molecular weight is 535 g/mol. The van der Waals surface area contributed by atoms with Crippen molar-refractivity contribution in [2.45, 2.75) is 89.6 Å². The number of aliphatic hydroxyl groups excluding tert-OH is 3. The standard InChI is InChI=1S/C27H35F5O5/c1-2-3-4-5-6-7-10-17-18(21(35)14-20(17)34)13-12-16(33)9-8-11-22(36)37-15-19-23(28)25(30)27(32)26(31)24(19)29/h6-7,12-13,16-18,20-21,33-35H,2-5,8-11,14-15H2,1H3/b7-6-,13-12+/t16?,17-,18-,20-,21+/m1/s1. The number of hydrogen-bond acceptors (Lipinski definition) is 5. The third kappa shape index (κ3) is 8.90. The molecule has 1 aromatic rings. The number of allylic oxidation sites excluding steroid dienone is 2. The Morgan fingerprint density at radius 3 is 2.27 bits per heavy atom. The minimum atomic E-state index is -2.29. The Hall–Kier alpha value is -2.30. The maximum atomic E-state index is 13.6. The Labute approximate surface area is 213 Å². The number of carbonyl (C=O) groups excluding carboxylic acids is 1. The number of halogens is 5. The number of hydrogen-bond donors (Lipinski definition) is 3. The highest BCUT2D eigenvalue weighted by molar-refractivity contribution is 5.69. The summed E-state index contributed by atoms with van der Waals surface area (Å²) in [5.41, 5.74) is -1.24. The van der Waals surface area contributed by atoms with Crippen molar-refractivity contribution in [2.24, 2.45) is 11.8 Å². The van der Waals surface area contributed by atoms with E-state index in [1.807, 2.05) is 6.08 Å². The lowest BCUT2D eigenvalue weighted by Crippen LogP contribution is -2.20. The zero-order valence-electron chi connectivity index (χ0n) is 20.8. The second-order valence-corrected chi connectivity index (χ2v) is 9.37. The third-order valence-electron chi connectivity index (χ3n) is 6.58. The van der Waals surface area contributed by atoms with Gasteiger partial charge in [0.25, 0.3) is 0 Å². The van der Waals surface area contributed by atoms with Crippen molar-refractivity contribution < 1.29 is 46.8 Å². The molecule has 0 bridgehead atoms. The largest absolute Gasteiger partial charge is 0.461 e. The number of aliphatic hydroxyl groups is 3. The predicted molar refractivity (Wildman–Crippen MR) is 127 cm³/mol. The summed E-state index contributed by atoms with van der Waals surface area (Å²) in [6.45, 7) is 1.01. The van der Waals surface area contributed by atoms with Gasteiger partial charge in [0, 0.05) is 18.8 Å². The second-order valence-electron chi connectivity index (χ2n) is 9.37. The molecule has 0 radical (unpaired) electrons. The molecule has 1 aliphatic carbocycles. The number of esters is 1. The van der Waals surface area contributed by atoms with E-state index in [9.17, 15) is 42.1 Å². The van der Waals surface area contributed by atoms with Gasteiger partial charge < -0.3 is 20.1 Å². The molecule has 5 atom stereocenters. The molecule has 1 unspecified atom stereocenters. The minimum absolute atomic E-state index is 0.126. The minimum Gasteiger partial charge on any atom is -0.461 e. The van der Waals surface area contributed by atoms with Gasteiger partial charge in [-0.05, 0) is 38.0 Å². The van der Waals surface area contributed by atoms with Crippen LogP contribution in [-0.4, -0.2) is 39.6 Å². The molecule has 0 saturated heterocycles. The quantitative estimate of drug-likeness (QED) is 0.0744. The fraction of sp³-hybridized carbons (Fsp3) is 0.593. The molecule has 1 aliphatic rings. The fourth-order valence-electron chi connectivity index (χ4n) is 4.40. The summed E-state index contributed by atoms with van der Waals surface area (Å²) in [6.07, 6.45) is 10.1. The first-order valence-electron chi connectivity index (χ1n) is 12.6. The molecule has 10 heteroatoms. The summed E-state index contributed by atoms with van der Waals surface area (Å²) in [7, 11) is 0. The van der Waals surface area contributed by atoms with Gasteiger partial charge in [-0.2, -0.15) is 0 Å². The van der Waals surface area contributed by atoms with E-state index in [1.54, 1.807) is 6.08 Å². The number of unbranched alkanes of at least 4 members (excludes halogenated alkanes) is 3. The molecule has 2 rings (SSSR count). The third-order valence-corrected chi connectivity index (χ3v) is 6.58. The molecule has 1 saturated carbocycles. The van der Waals surface area contributed by atoms with Crippen LogP contribution in [0, 0.1) is 40.9 Å². The van der Waals surface area contributed by atoms with Crippen molar-refractivity contribution in [3.63, 3.8) is 0 Å². The van der Waals surface area contributed by atoms with Crippen molar-refractivity contribution in [2.75, 3.05) is 0 Å². The van der Waals surface area contributed by atoms with Crippen molar-refractivity contribution in [1.82, 2.24) is 0 Å². The van der Waals surface area contributed by atoms with Crippen LogP contribution in [-0.2, 0) is 16.1 Å². The van der Waals surface area contributed by atoms with Crippen molar-refractivity contribution >= 4 is 5.97 Å². The summed E-state index contributed by atoms with van der Waals surface area (Å²) in [6, 6.07) is 0. The molecule has 0 heterocycles. The summed E-state index contributed by atoms with van der Waals surface area (Å²) in [4.78, 5) is 11.8. The van der Waals surface area contributed by atoms with Gasteiger partial charge in [0.2, 0.25) is 5.82 Å². The highest BCUT2D eigenvalue weighted by Gasteiger charge is 2.39. The highest BCUT2D eigenvalue weighted by atomic mass is 19.2. The number of carbonyl (C=O) groups is 1. The van der Waals surface area contributed by atoms with Gasteiger partial charge in [-0.3, -0.25) is 4.79 Å². The lowest BCUT2D eigenvalue weighted by molar-refractivity contribution is -0.145. The molecule has 0 aromatic heterocycles. The van der Waals surface area contributed by atoms with E-state index in [0.717, 1.165) is 25.7 Å². The van der Waals surface area contributed by atoms with Gasteiger partial charge in [-0.15, -0.1) is 0 Å². The Morgan fingerprint density at radius 1 is 0.973 bits per heavy atom. The van der Waals surface area contributed by atoms with E-state index >= 15 is 0 Å². The highest BCUT2D eigenvalue weighted by Crippen LogP contribution is 2.36. The lowest BCUT2D eigenvalue weighted by atomic mass is 9.89. The maximum Gasteiger partial charge on any atom is 0.306 e. The van der Waals surface area contributed by atoms with Crippen LogP contribution in [0.15, 0.2) is 24.3 Å². The molecule has 5 nitrogen and oxygen atoms in total. The van der Waals surface area contributed by atoms with Crippen LogP contribution in [0.2, 0.25) is 0 Å². The molecule has 1 aromatic carbocycles. The van der Waals surface area contributed by atoms with Gasteiger partial charge in [-0.1, -0.05) is 44.1 Å². The van der Waals surface area contributed by atoms with E-state index < -0.39 is 65.5 Å². The zero-order valence-corrected chi connectivity index (χ0v) is 20.8. The van der Waals surface area contributed by atoms with Crippen molar-refractivity contribution in [1.29, 1.82) is 0 Å². The molecule has 37 heavy (non-hydrogen) atoms. The van der Waals surface area contributed by atoms with Crippen LogP contribution < -0.4 is 0 Å². The fourth-order valence-corrected chi connectivity index (χ4v) is 4.40. The predicted octanol–water partition coefficient (Wildman–Crippen LogP) is 5.40. The molecular formula is C27H35F5O5. The molecular weight excluding hydrogens is 499 g/mol. The van der Waals surface area contributed by atoms with Crippen LogP contribution in [0.3, 0.4) is 0 Å². The smallest absolute Gasteiger partial charge is 0.306 e. The first-order valence-corrected chi connectivity index (χ1v) is 12.6. The van der Waals surface area contributed by atoms with E-state index in [4.69, 9.17) is 0 Å². The summed E-state index contributed by atoms with van der Waals surface area (Å²) < 4.78 is 71.4. The molecule has 0 amide bonds. The van der Waals surface area contributed by atoms with E-state index in [-0.39, 0.29) is 37.5 Å². The topological polar surface area (TPSA) is 87.0 Å². The van der Waals surface area contributed by atoms with Crippen LogP contribution in [0.4, 0.5) is 22.0 Å². The Morgan fingerprint density at radius 2 is 1.62 bits per heavy atom. The maximum absolute atomic E-state index is 13.6. The molecule has 0 aliphatic heterocycles. The van der Waals surface area contributed by atoms with Gasteiger partial charge in [0.15, 0.2) is 23.3 Å². The summed E-state index contributed by atoms with van der Waals surface area (Å²) in [5.74, 6) is -12.1. The zero-order chi connectivity index (χ0) is 27.5. The van der Waals surface area contributed by atoms with Gasteiger partial charge in [-0.25, -0.2) is 22.0 Å². The summed E-state index contributed by atoms with van der Waals surface area (Å²) in [5, 5.41) is 30.8. The van der Waals surface area contributed by atoms with E-state index in [0.29, 0.717) is 6.42 Å². The van der Waals surface area contributed by atoms with Gasteiger partial charge in [0.05, 0.1) is 23.9 Å². The van der Waals surface area contributed by atoms with Crippen LogP contribution >= 0.6 is 0 Å². The number of rotatable bonds is 14. The number of benzene rings is 1. The Kier molecular flexibility index (Phi) is 12.7. The van der Waals surface area contributed by atoms with Crippen molar-refractivity contribution in [3.8, 4) is 0 Å². The second kappa shape index (κ2) is 15.2. The lowest BCUT2D eigenvalue weighted by Gasteiger charge is -2.19. The monoisotopic (exact) mass is 534 g/mol. The first kappa shape index (κ1) is 30.9. The average Bonchev–Trinajstić information content (AvgIpc) is 3.13. The Bertz CT molecular complexity index is 923. The van der Waals surface area contributed by atoms with E-state index in [1.165, 1.54) is 6.08 Å². The normalized spacial score (nSPS) is 22.8. The summed E-state index contributed by atoms with van der Waals surface area (Å²) >= 11 is 0. The number of ether oxygens (including phenoxy) is 1. The van der Waals surface area contributed by atoms with Gasteiger partial charge in [0.1, 0.15) is 6.61 Å². The van der Waals surface area contributed by atoms with Gasteiger partial charge >= 0.3 is 5.97 Å². The van der Waals surface area contributed by atoms with Crippen LogP contribution in [0.5, 0.6) is 0 Å². The molecule has 0 spiro atoms. The van der Waals surface area contributed by atoms with E-state index in [2.05, 4.69) is 17.7 Å². The first-order chi connectivity index (χ1) is 17.6. The van der Waals surface area contributed by atoms with Crippen LogP contribution in [0.25, 0.3) is 0 Å². The SMILES string of the molecule is CCCCC/C=C\C[C@@H]1[C@@H](/C=C/C(O)CCCC(=O)OCc2c(F)c(F)c(F)c(F)c2F)[C@@H](O)C[C@H]1O. The molecule has 208 valence electrons. The Balaban J connectivity index is 1.79. The van der Waals surface area contributed by atoms with Crippen molar-refractivity contribution in [3.05, 3.63) is 59.0 Å². The molecule has 3 N–H and O–H groups in total. The molecule has 1 fully saturated rings. The van der Waals surface area contributed by atoms with Crippen LogP contribution in [0.1, 0.15) is 70.3 Å².